The number of hydrogen-bond donors (Lipinski definition) is 0. The fraction of sp³-hybridized carbons (Fsp3) is 0.684. The highest BCUT2D eigenvalue weighted by Gasteiger charge is 2.52. The van der Waals surface area contributed by atoms with E-state index < -0.39 is 5.41 Å². The summed E-state index contributed by atoms with van der Waals surface area (Å²) in [6.45, 7) is 6.60. The average molecular weight is 390 g/mol. The van der Waals surface area contributed by atoms with Gasteiger partial charge in [0.2, 0.25) is 5.91 Å². The highest BCUT2D eigenvalue weighted by atomic mass is 79.9. The van der Waals surface area contributed by atoms with Crippen molar-refractivity contribution in [1.29, 1.82) is 0 Å². The van der Waals surface area contributed by atoms with Gasteiger partial charge in [0.25, 0.3) is 0 Å². The van der Waals surface area contributed by atoms with Gasteiger partial charge in [0.05, 0.1) is 16.8 Å². The van der Waals surface area contributed by atoms with E-state index in [0.717, 1.165) is 40.5 Å². The molecule has 24 heavy (non-hydrogen) atoms. The lowest BCUT2D eigenvalue weighted by Gasteiger charge is -2.45. The van der Waals surface area contributed by atoms with Crippen LogP contribution in [-0.4, -0.2) is 41.0 Å². The molecule has 0 spiro atoms. The summed E-state index contributed by atoms with van der Waals surface area (Å²) in [5, 5.41) is 0. The van der Waals surface area contributed by atoms with Crippen LogP contribution < -0.4 is 4.90 Å². The molecule has 3 heterocycles. The number of aromatic nitrogens is 1. The molecule has 2 aliphatic carbocycles. The summed E-state index contributed by atoms with van der Waals surface area (Å²) in [6, 6.07) is 3.09. The Morgan fingerprint density at radius 1 is 1.17 bits per heavy atom. The number of amides is 1. The number of hydrogen-bond acceptors (Lipinski definition) is 3. The Bertz CT molecular complexity index is 701. The van der Waals surface area contributed by atoms with Crippen molar-refractivity contribution in [3.63, 3.8) is 0 Å². The van der Waals surface area contributed by atoms with Crippen LogP contribution in [0.1, 0.15) is 45.2 Å². The summed E-state index contributed by atoms with van der Waals surface area (Å²) in [6.07, 6.45) is 6.91. The Hall–Kier alpha value is -0.940. The van der Waals surface area contributed by atoms with Gasteiger partial charge < -0.3 is 4.90 Å². The van der Waals surface area contributed by atoms with E-state index in [1.807, 2.05) is 18.7 Å². The molecular formula is C19H24BrN3O. The largest absolute Gasteiger partial charge is 0.307 e. The molecule has 2 aliphatic heterocycles. The van der Waals surface area contributed by atoms with Crippen molar-refractivity contribution in [2.75, 3.05) is 18.0 Å². The van der Waals surface area contributed by atoms with Crippen LogP contribution >= 0.6 is 15.9 Å². The van der Waals surface area contributed by atoms with Gasteiger partial charge in [-0.3, -0.25) is 14.7 Å². The van der Waals surface area contributed by atoms with Crippen molar-refractivity contribution in [2.45, 2.75) is 57.0 Å². The van der Waals surface area contributed by atoms with Gasteiger partial charge in [0, 0.05) is 35.8 Å². The molecule has 2 saturated carbocycles. The normalized spacial score (nSPS) is 37.0. The van der Waals surface area contributed by atoms with Gasteiger partial charge in [0.15, 0.2) is 0 Å². The van der Waals surface area contributed by atoms with E-state index in [9.17, 15) is 4.79 Å². The number of halogens is 1. The first-order valence-corrected chi connectivity index (χ1v) is 9.98. The van der Waals surface area contributed by atoms with Gasteiger partial charge >= 0.3 is 0 Å². The first-order chi connectivity index (χ1) is 11.4. The van der Waals surface area contributed by atoms with E-state index in [1.54, 1.807) is 6.20 Å². The third kappa shape index (κ3) is 2.00. The molecule has 1 aromatic heterocycles. The number of fused-ring (bicyclic) bond motifs is 2. The molecule has 1 saturated heterocycles. The predicted octanol–water partition coefficient (Wildman–Crippen LogP) is 3.34. The number of anilines is 1. The lowest BCUT2D eigenvalue weighted by molar-refractivity contribution is -0.123. The van der Waals surface area contributed by atoms with Crippen molar-refractivity contribution in [2.24, 2.45) is 11.8 Å². The zero-order valence-corrected chi connectivity index (χ0v) is 15.9. The van der Waals surface area contributed by atoms with Gasteiger partial charge in [-0.2, -0.15) is 0 Å². The van der Waals surface area contributed by atoms with E-state index >= 15 is 0 Å². The van der Waals surface area contributed by atoms with Crippen molar-refractivity contribution in [1.82, 2.24) is 9.88 Å². The molecule has 2 unspecified atom stereocenters. The lowest BCUT2D eigenvalue weighted by Crippen LogP contribution is -2.55. The zero-order valence-electron chi connectivity index (χ0n) is 14.3. The highest BCUT2D eigenvalue weighted by Crippen LogP contribution is 2.48. The zero-order chi connectivity index (χ0) is 16.6. The second-order valence-corrected chi connectivity index (χ2v) is 9.57. The summed E-state index contributed by atoms with van der Waals surface area (Å²) in [5.74, 6) is 2.16. The average Bonchev–Trinajstić information content (AvgIpc) is 2.85. The summed E-state index contributed by atoms with van der Waals surface area (Å²) in [5.41, 5.74) is 1.44. The van der Waals surface area contributed by atoms with Crippen LogP contribution in [0.2, 0.25) is 0 Å². The minimum absolute atomic E-state index is 0.216. The molecule has 1 amide bonds. The van der Waals surface area contributed by atoms with Gasteiger partial charge in [-0.05, 0) is 73.4 Å². The smallest absolute Gasteiger partial charge is 0.239 e. The molecular weight excluding hydrogens is 366 g/mol. The third-order valence-corrected chi connectivity index (χ3v) is 7.36. The Morgan fingerprint density at radius 3 is 2.46 bits per heavy atom. The molecule has 0 N–H and O–H groups in total. The fourth-order valence-corrected chi connectivity index (χ4v) is 5.45. The molecule has 4 nitrogen and oxygen atoms in total. The van der Waals surface area contributed by atoms with E-state index in [-0.39, 0.29) is 5.91 Å². The Labute approximate surface area is 151 Å². The van der Waals surface area contributed by atoms with Gasteiger partial charge in [-0.25, -0.2) is 0 Å². The minimum Gasteiger partial charge on any atom is -0.307 e. The minimum atomic E-state index is -0.506. The maximum absolute atomic E-state index is 13.0. The SMILES string of the molecule is CC1(C)C(=O)N(C2CC(N3CC4CCC4C3)C2)c2cc(Br)cnc21. The number of carbonyl (C=O) groups is 1. The van der Waals surface area contributed by atoms with Gasteiger partial charge in [0.1, 0.15) is 0 Å². The van der Waals surface area contributed by atoms with E-state index in [0.29, 0.717) is 12.1 Å². The van der Waals surface area contributed by atoms with Crippen LogP contribution in [0.15, 0.2) is 16.7 Å². The van der Waals surface area contributed by atoms with Crippen molar-refractivity contribution < 1.29 is 4.79 Å². The summed E-state index contributed by atoms with van der Waals surface area (Å²) in [4.78, 5) is 22.3. The van der Waals surface area contributed by atoms with E-state index in [4.69, 9.17) is 0 Å². The first kappa shape index (κ1) is 15.3. The van der Waals surface area contributed by atoms with E-state index in [2.05, 4.69) is 31.9 Å². The molecule has 4 aliphatic rings. The molecule has 0 aromatic carbocycles. The predicted molar refractivity (Wildman–Crippen MR) is 97.0 cm³/mol. The second kappa shape index (κ2) is 5.04. The molecule has 1 aromatic rings. The molecule has 128 valence electrons. The molecule has 0 bridgehead atoms. The van der Waals surface area contributed by atoms with Gasteiger partial charge in [-0.1, -0.05) is 0 Å². The maximum atomic E-state index is 13.0. The summed E-state index contributed by atoms with van der Waals surface area (Å²) >= 11 is 3.52. The molecule has 5 rings (SSSR count). The number of rotatable bonds is 2. The van der Waals surface area contributed by atoms with Crippen molar-refractivity contribution in [3.05, 3.63) is 22.4 Å². The van der Waals surface area contributed by atoms with Crippen LogP contribution in [-0.2, 0) is 10.2 Å². The maximum Gasteiger partial charge on any atom is 0.239 e. The summed E-state index contributed by atoms with van der Waals surface area (Å²) in [7, 11) is 0. The molecule has 3 fully saturated rings. The van der Waals surface area contributed by atoms with Crippen LogP contribution in [0.3, 0.4) is 0 Å². The highest BCUT2D eigenvalue weighted by molar-refractivity contribution is 9.10. The number of likely N-dealkylation sites (tertiary alicyclic amines) is 1. The van der Waals surface area contributed by atoms with Crippen molar-refractivity contribution in [3.8, 4) is 0 Å². The topological polar surface area (TPSA) is 36.4 Å². The van der Waals surface area contributed by atoms with Crippen LogP contribution in [0.25, 0.3) is 0 Å². The number of nitrogens with zero attached hydrogens (tertiary/aromatic N) is 3. The Balaban J connectivity index is 1.35. The third-order valence-electron chi connectivity index (χ3n) is 6.92. The van der Waals surface area contributed by atoms with Crippen LogP contribution in [0.5, 0.6) is 0 Å². The second-order valence-electron chi connectivity index (χ2n) is 8.65. The Morgan fingerprint density at radius 2 is 1.83 bits per heavy atom. The van der Waals surface area contributed by atoms with Crippen LogP contribution in [0, 0.1) is 11.8 Å². The summed E-state index contributed by atoms with van der Waals surface area (Å²) < 4.78 is 0.948. The quantitative estimate of drug-likeness (QED) is 0.777. The molecule has 5 heteroatoms. The first-order valence-electron chi connectivity index (χ1n) is 9.19. The standard InChI is InChI=1S/C19H24BrN3O/c1-19(2)17-16(5-13(20)8-21-17)23(18(19)24)15-6-14(7-15)22-9-11-3-4-12(11)10-22/h5,8,11-12,14-15H,3-4,6-7,9-10H2,1-2H3. The van der Waals surface area contributed by atoms with Crippen LogP contribution in [0.4, 0.5) is 5.69 Å². The number of pyridine rings is 1. The van der Waals surface area contributed by atoms with Gasteiger partial charge in [-0.15, -0.1) is 0 Å². The number of carbonyl (C=O) groups excluding carboxylic acids is 1. The monoisotopic (exact) mass is 389 g/mol. The van der Waals surface area contributed by atoms with E-state index in [1.165, 1.54) is 25.9 Å². The Kier molecular flexibility index (Phi) is 3.22. The lowest BCUT2D eigenvalue weighted by atomic mass is 9.77. The molecule has 0 radical (unpaired) electrons. The van der Waals surface area contributed by atoms with Crippen molar-refractivity contribution >= 4 is 27.5 Å². The molecule has 2 atom stereocenters. The fourth-order valence-electron chi connectivity index (χ4n) is 5.13.